The molecule has 3 rings (SSSR count). The van der Waals surface area contributed by atoms with Crippen molar-refractivity contribution in [2.75, 3.05) is 23.3 Å². The summed E-state index contributed by atoms with van der Waals surface area (Å²) in [4.78, 5) is 14.6. The van der Waals surface area contributed by atoms with Crippen molar-refractivity contribution in [2.45, 2.75) is 19.8 Å². The molecule has 21 heavy (non-hydrogen) atoms. The Bertz CT molecular complexity index is 658. The monoisotopic (exact) mass is 307 g/mol. The van der Waals surface area contributed by atoms with Crippen LogP contribution >= 0.6 is 11.6 Å². The van der Waals surface area contributed by atoms with Crippen LogP contribution in [0.4, 0.5) is 22.0 Å². The first-order chi connectivity index (χ1) is 10.1. The minimum atomic E-state index is -0.317. The lowest BCUT2D eigenvalue weighted by Crippen LogP contribution is -2.21. The predicted octanol–water partition coefficient (Wildman–Crippen LogP) is 3.32. The second-order valence-electron chi connectivity index (χ2n) is 5.01. The molecular formula is C14H15ClFN5. The highest BCUT2D eigenvalue weighted by atomic mass is 35.5. The summed E-state index contributed by atoms with van der Waals surface area (Å²) in [7, 11) is 0. The van der Waals surface area contributed by atoms with Crippen molar-refractivity contribution < 1.29 is 4.39 Å². The molecular weight excluding hydrogens is 293 g/mol. The second-order valence-corrected chi connectivity index (χ2v) is 5.34. The fourth-order valence-electron chi connectivity index (χ4n) is 2.30. The Morgan fingerprint density at radius 3 is 2.71 bits per heavy atom. The molecule has 0 unspecified atom stereocenters. The van der Waals surface area contributed by atoms with Crippen molar-refractivity contribution in [3.05, 3.63) is 34.9 Å². The van der Waals surface area contributed by atoms with Crippen LogP contribution in [0.1, 0.15) is 18.4 Å². The number of rotatable bonds is 3. The van der Waals surface area contributed by atoms with Crippen LogP contribution in [0.3, 0.4) is 0 Å². The second kappa shape index (κ2) is 5.81. The van der Waals surface area contributed by atoms with Gasteiger partial charge in [0.1, 0.15) is 5.82 Å². The molecule has 2 heterocycles. The zero-order valence-corrected chi connectivity index (χ0v) is 12.4. The van der Waals surface area contributed by atoms with E-state index in [0.29, 0.717) is 17.6 Å². The van der Waals surface area contributed by atoms with Gasteiger partial charge in [-0.2, -0.15) is 15.0 Å². The van der Waals surface area contributed by atoms with Crippen LogP contribution in [0.2, 0.25) is 5.28 Å². The van der Waals surface area contributed by atoms with Gasteiger partial charge >= 0.3 is 0 Å². The molecule has 1 N–H and O–H groups in total. The number of anilines is 3. The summed E-state index contributed by atoms with van der Waals surface area (Å²) >= 11 is 5.96. The number of aryl methyl sites for hydroxylation is 1. The smallest absolute Gasteiger partial charge is 0.233 e. The van der Waals surface area contributed by atoms with E-state index in [1.165, 1.54) is 12.1 Å². The number of aromatic nitrogens is 3. The van der Waals surface area contributed by atoms with Gasteiger partial charge in [-0.15, -0.1) is 0 Å². The van der Waals surface area contributed by atoms with Crippen molar-refractivity contribution in [3.63, 3.8) is 0 Å². The zero-order chi connectivity index (χ0) is 14.8. The van der Waals surface area contributed by atoms with Gasteiger partial charge in [-0.1, -0.05) is 6.07 Å². The Hall–Kier alpha value is -1.95. The minimum absolute atomic E-state index is 0.128. The lowest BCUT2D eigenvalue weighted by atomic mass is 10.2. The van der Waals surface area contributed by atoms with Gasteiger partial charge in [0.25, 0.3) is 0 Å². The van der Waals surface area contributed by atoms with Crippen molar-refractivity contribution >= 4 is 29.2 Å². The number of hydrogen-bond acceptors (Lipinski definition) is 5. The molecule has 2 aromatic rings. The topological polar surface area (TPSA) is 53.9 Å². The summed E-state index contributed by atoms with van der Waals surface area (Å²) in [6.45, 7) is 3.71. The highest BCUT2D eigenvalue weighted by Gasteiger charge is 2.17. The highest BCUT2D eigenvalue weighted by Crippen LogP contribution is 2.23. The fraction of sp³-hybridized carbons (Fsp3) is 0.357. The van der Waals surface area contributed by atoms with E-state index in [9.17, 15) is 4.39 Å². The van der Waals surface area contributed by atoms with Crippen LogP contribution in [0, 0.1) is 12.7 Å². The highest BCUT2D eigenvalue weighted by molar-refractivity contribution is 6.28. The first-order valence-corrected chi connectivity index (χ1v) is 7.19. The fourth-order valence-corrected chi connectivity index (χ4v) is 2.46. The van der Waals surface area contributed by atoms with Gasteiger partial charge in [0, 0.05) is 18.8 Å². The van der Waals surface area contributed by atoms with E-state index in [0.717, 1.165) is 31.5 Å². The number of nitrogens with one attached hydrogen (secondary N) is 1. The van der Waals surface area contributed by atoms with Crippen LogP contribution in [-0.2, 0) is 0 Å². The number of nitrogens with zero attached hydrogens (tertiary/aromatic N) is 4. The van der Waals surface area contributed by atoms with E-state index < -0.39 is 0 Å². The lowest BCUT2D eigenvalue weighted by molar-refractivity contribution is 0.628. The molecule has 1 saturated heterocycles. The average molecular weight is 308 g/mol. The Balaban J connectivity index is 1.89. The standard InChI is InChI=1S/C14H15ClFN5/c1-9-4-5-10(16)8-11(9)17-13-18-12(15)19-14(20-13)21-6-2-3-7-21/h4-5,8H,2-3,6-7H2,1H3,(H,17,18,19,20). The molecule has 0 radical (unpaired) electrons. The van der Waals surface area contributed by atoms with Gasteiger partial charge in [0.05, 0.1) is 0 Å². The SMILES string of the molecule is Cc1ccc(F)cc1Nc1nc(Cl)nc(N2CCCC2)n1. The van der Waals surface area contributed by atoms with Crippen LogP contribution < -0.4 is 10.2 Å². The Morgan fingerprint density at radius 1 is 1.19 bits per heavy atom. The molecule has 1 fully saturated rings. The third-order valence-corrected chi connectivity index (χ3v) is 3.60. The molecule has 1 aromatic heterocycles. The van der Waals surface area contributed by atoms with Crippen molar-refractivity contribution in [1.29, 1.82) is 0 Å². The molecule has 7 heteroatoms. The quantitative estimate of drug-likeness (QED) is 0.942. The molecule has 1 aliphatic heterocycles. The van der Waals surface area contributed by atoms with E-state index in [1.54, 1.807) is 6.07 Å². The summed E-state index contributed by atoms with van der Waals surface area (Å²) in [5.74, 6) is 0.567. The third-order valence-electron chi connectivity index (χ3n) is 3.43. The Morgan fingerprint density at radius 2 is 1.95 bits per heavy atom. The lowest BCUT2D eigenvalue weighted by Gasteiger charge is -2.16. The summed E-state index contributed by atoms with van der Waals surface area (Å²) in [6.07, 6.45) is 2.24. The maximum Gasteiger partial charge on any atom is 0.233 e. The van der Waals surface area contributed by atoms with Crippen LogP contribution in [0.5, 0.6) is 0 Å². The normalized spacial score (nSPS) is 14.5. The van der Waals surface area contributed by atoms with Crippen LogP contribution in [0.25, 0.3) is 0 Å². The first-order valence-electron chi connectivity index (χ1n) is 6.81. The van der Waals surface area contributed by atoms with Crippen LogP contribution in [0.15, 0.2) is 18.2 Å². The van der Waals surface area contributed by atoms with Crippen molar-refractivity contribution in [2.24, 2.45) is 0 Å². The van der Waals surface area contributed by atoms with Gasteiger partial charge in [0.15, 0.2) is 0 Å². The van der Waals surface area contributed by atoms with Gasteiger partial charge in [-0.05, 0) is 49.1 Å². The summed E-state index contributed by atoms with van der Waals surface area (Å²) in [5.41, 5.74) is 1.51. The van der Waals surface area contributed by atoms with E-state index in [2.05, 4.69) is 25.2 Å². The molecule has 0 bridgehead atoms. The van der Waals surface area contributed by atoms with E-state index in [4.69, 9.17) is 11.6 Å². The largest absolute Gasteiger partial charge is 0.341 e. The van der Waals surface area contributed by atoms with Crippen molar-refractivity contribution in [1.82, 2.24) is 15.0 Å². The minimum Gasteiger partial charge on any atom is -0.341 e. The molecule has 5 nitrogen and oxygen atoms in total. The first kappa shape index (κ1) is 14.0. The molecule has 0 atom stereocenters. The molecule has 1 aliphatic rings. The third kappa shape index (κ3) is 3.21. The molecule has 0 saturated carbocycles. The summed E-state index contributed by atoms with van der Waals surface area (Å²) < 4.78 is 13.3. The zero-order valence-electron chi connectivity index (χ0n) is 11.6. The number of halogens is 2. The maximum absolute atomic E-state index is 13.3. The summed E-state index contributed by atoms with van der Waals surface area (Å²) in [5, 5.41) is 3.13. The van der Waals surface area contributed by atoms with E-state index in [1.807, 2.05) is 6.92 Å². The van der Waals surface area contributed by atoms with Crippen LogP contribution in [-0.4, -0.2) is 28.0 Å². The van der Waals surface area contributed by atoms with Gasteiger partial charge < -0.3 is 10.2 Å². The van der Waals surface area contributed by atoms with Gasteiger partial charge in [-0.25, -0.2) is 4.39 Å². The number of benzene rings is 1. The molecule has 0 spiro atoms. The Kier molecular flexibility index (Phi) is 3.88. The predicted molar refractivity (Wildman–Crippen MR) is 80.7 cm³/mol. The van der Waals surface area contributed by atoms with Crippen molar-refractivity contribution in [3.8, 4) is 0 Å². The summed E-state index contributed by atoms with van der Waals surface area (Å²) in [6, 6.07) is 4.51. The van der Waals surface area contributed by atoms with Gasteiger partial charge in [0.2, 0.25) is 17.2 Å². The molecule has 0 amide bonds. The van der Waals surface area contributed by atoms with E-state index in [-0.39, 0.29) is 11.1 Å². The maximum atomic E-state index is 13.3. The van der Waals surface area contributed by atoms with Gasteiger partial charge in [-0.3, -0.25) is 0 Å². The molecule has 0 aliphatic carbocycles. The molecule has 1 aromatic carbocycles. The number of hydrogen-bond donors (Lipinski definition) is 1. The van der Waals surface area contributed by atoms with E-state index >= 15 is 0 Å². The Labute approximate surface area is 127 Å². The average Bonchev–Trinajstić information content (AvgIpc) is 2.96. The molecule has 110 valence electrons.